The van der Waals surface area contributed by atoms with Crippen LogP contribution in [0.15, 0.2) is 28.7 Å². The first-order valence-corrected chi connectivity index (χ1v) is 7.35. The molecular formula is C17H14F2N2O3. The molecule has 1 aliphatic heterocycles. The van der Waals surface area contributed by atoms with Gasteiger partial charge in [0.2, 0.25) is 5.76 Å². The maximum atomic E-state index is 13.5. The minimum absolute atomic E-state index is 0.0139. The van der Waals surface area contributed by atoms with Gasteiger partial charge >= 0.3 is 0 Å². The third-order valence-corrected chi connectivity index (χ3v) is 4.13. The van der Waals surface area contributed by atoms with E-state index in [2.05, 4.69) is 0 Å². The molecule has 1 aromatic heterocycles. The van der Waals surface area contributed by atoms with Crippen molar-refractivity contribution in [1.29, 1.82) is 5.26 Å². The second kappa shape index (κ2) is 6.06. The van der Waals surface area contributed by atoms with Crippen molar-refractivity contribution in [1.82, 2.24) is 4.90 Å². The van der Waals surface area contributed by atoms with Crippen LogP contribution in [0.2, 0.25) is 0 Å². The van der Waals surface area contributed by atoms with E-state index in [1.165, 1.54) is 17.0 Å². The average Bonchev–Trinajstić information content (AvgIpc) is 3.12. The molecular weight excluding hydrogens is 318 g/mol. The predicted molar refractivity (Wildman–Crippen MR) is 78.9 cm³/mol. The molecule has 0 unspecified atom stereocenters. The maximum absolute atomic E-state index is 13.5. The van der Waals surface area contributed by atoms with Gasteiger partial charge in [0, 0.05) is 12.6 Å². The zero-order chi connectivity index (χ0) is 17.4. The Morgan fingerprint density at radius 2 is 2.12 bits per heavy atom. The normalized spacial score (nSPS) is 20.2. The van der Waals surface area contributed by atoms with Crippen LogP contribution in [0, 0.1) is 29.9 Å². The largest absolute Gasteiger partial charge is 0.450 e. The third kappa shape index (κ3) is 2.76. The van der Waals surface area contributed by atoms with Gasteiger partial charge in [-0.05, 0) is 31.0 Å². The molecule has 1 fully saturated rings. The highest BCUT2D eigenvalue weighted by Crippen LogP contribution is 2.34. The number of β-amino-alcohol motifs (C(OH)–C–C–N with tert-alkyl or cyclic N) is 1. The number of hydrogen-bond donors (Lipinski definition) is 1. The fraction of sp³-hybridized carbons (Fsp3) is 0.294. The van der Waals surface area contributed by atoms with Crippen LogP contribution in [0.4, 0.5) is 8.78 Å². The molecule has 1 saturated heterocycles. The Hall–Kier alpha value is -2.72. The number of benzene rings is 1. The number of furan rings is 1. The molecule has 1 N–H and O–H groups in total. The highest BCUT2D eigenvalue weighted by Gasteiger charge is 2.37. The van der Waals surface area contributed by atoms with Crippen LogP contribution in [0.1, 0.15) is 39.9 Å². The summed E-state index contributed by atoms with van der Waals surface area (Å²) in [4.78, 5) is 14.1. The van der Waals surface area contributed by atoms with Gasteiger partial charge in [0.15, 0.2) is 11.6 Å². The lowest BCUT2D eigenvalue weighted by Gasteiger charge is -2.24. The van der Waals surface area contributed by atoms with Gasteiger partial charge in [-0.15, -0.1) is 0 Å². The summed E-state index contributed by atoms with van der Waals surface area (Å²) in [6.45, 7) is 1.63. The summed E-state index contributed by atoms with van der Waals surface area (Å²) in [7, 11) is 0. The van der Waals surface area contributed by atoms with Gasteiger partial charge in [-0.1, -0.05) is 6.07 Å². The van der Waals surface area contributed by atoms with Crippen LogP contribution < -0.4 is 0 Å². The van der Waals surface area contributed by atoms with Crippen LogP contribution in [0.3, 0.4) is 0 Å². The fourth-order valence-corrected chi connectivity index (χ4v) is 2.98. The number of hydrogen-bond acceptors (Lipinski definition) is 4. The number of aliphatic hydroxyl groups excluding tert-OH is 1. The molecule has 7 heteroatoms. The standard InChI is InChI=1S/C17H14F2N2O3/c1-9-13(6-12(7-20)24-9)17(23)21-8-11(22)5-16(21)10-2-3-14(18)15(19)4-10/h2-4,6,11,16,22H,5,8H2,1H3/t11-,16+/m0/s1. The van der Waals surface area contributed by atoms with Crippen molar-refractivity contribution in [2.24, 2.45) is 0 Å². The van der Waals surface area contributed by atoms with E-state index < -0.39 is 29.7 Å². The highest BCUT2D eigenvalue weighted by molar-refractivity contribution is 5.96. The third-order valence-electron chi connectivity index (χ3n) is 4.13. The summed E-state index contributed by atoms with van der Waals surface area (Å²) >= 11 is 0. The quantitative estimate of drug-likeness (QED) is 0.917. The second-order valence-corrected chi connectivity index (χ2v) is 5.73. The van der Waals surface area contributed by atoms with E-state index in [9.17, 15) is 18.7 Å². The van der Waals surface area contributed by atoms with Gasteiger partial charge in [-0.25, -0.2) is 8.78 Å². The van der Waals surface area contributed by atoms with E-state index in [0.29, 0.717) is 11.3 Å². The number of likely N-dealkylation sites (tertiary alicyclic amines) is 1. The Morgan fingerprint density at radius 1 is 1.38 bits per heavy atom. The summed E-state index contributed by atoms with van der Waals surface area (Å²) in [6.07, 6.45) is -0.548. The van der Waals surface area contributed by atoms with Gasteiger partial charge in [0.25, 0.3) is 5.91 Å². The minimum Gasteiger partial charge on any atom is -0.450 e. The Kier molecular flexibility index (Phi) is 4.08. The summed E-state index contributed by atoms with van der Waals surface area (Å²) in [5, 5.41) is 18.8. The lowest BCUT2D eigenvalue weighted by atomic mass is 10.0. The Bertz CT molecular complexity index is 841. The molecule has 0 saturated carbocycles. The number of aliphatic hydroxyl groups is 1. The number of aryl methyl sites for hydroxylation is 1. The molecule has 0 bridgehead atoms. The van der Waals surface area contributed by atoms with Crippen molar-refractivity contribution in [2.75, 3.05) is 6.54 Å². The number of rotatable bonds is 2. The molecule has 124 valence electrons. The van der Waals surface area contributed by atoms with Crippen molar-refractivity contribution < 1.29 is 23.1 Å². The highest BCUT2D eigenvalue weighted by atomic mass is 19.2. The number of carbonyl (C=O) groups excluding carboxylic acids is 1. The van der Waals surface area contributed by atoms with Crippen LogP contribution >= 0.6 is 0 Å². The summed E-state index contributed by atoms with van der Waals surface area (Å²) < 4.78 is 31.8. The molecule has 5 nitrogen and oxygen atoms in total. The second-order valence-electron chi connectivity index (χ2n) is 5.73. The van der Waals surface area contributed by atoms with E-state index in [4.69, 9.17) is 9.68 Å². The average molecular weight is 332 g/mol. The number of nitrogens with zero attached hydrogens (tertiary/aromatic N) is 2. The Labute approximate surface area is 136 Å². The Morgan fingerprint density at radius 3 is 2.75 bits per heavy atom. The molecule has 2 atom stereocenters. The lowest BCUT2D eigenvalue weighted by molar-refractivity contribution is 0.0713. The summed E-state index contributed by atoms with van der Waals surface area (Å²) in [6, 6.07) is 6.00. The monoisotopic (exact) mass is 332 g/mol. The first-order chi connectivity index (χ1) is 11.4. The van der Waals surface area contributed by atoms with Gasteiger partial charge < -0.3 is 14.4 Å². The van der Waals surface area contributed by atoms with E-state index in [1.54, 1.807) is 6.92 Å². The maximum Gasteiger partial charge on any atom is 0.258 e. The van der Waals surface area contributed by atoms with Gasteiger partial charge in [0.1, 0.15) is 11.8 Å². The van der Waals surface area contributed by atoms with Crippen LogP contribution in [-0.4, -0.2) is 28.6 Å². The molecule has 0 aliphatic carbocycles. The van der Waals surface area contributed by atoms with Crippen LogP contribution in [0.5, 0.6) is 0 Å². The smallest absolute Gasteiger partial charge is 0.258 e. The van der Waals surface area contributed by atoms with Gasteiger partial charge in [0.05, 0.1) is 17.7 Å². The zero-order valence-corrected chi connectivity index (χ0v) is 12.8. The number of nitriles is 1. The van der Waals surface area contributed by atoms with Crippen molar-refractivity contribution in [2.45, 2.75) is 25.5 Å². The predicted octanol–water partition coefficient (Wildman–Crippen LogP) is 2.69. The van der Waals surface area contributed by atoms with Crippen molar-refractivity contribution in [3.8, 4) is 6.07 Å². The Balaban J connectivity index is 1.95. The van der Waals surface area contributed by atoms with Crippen molar-refractivity contribution in [3.05, 3.63) is 58.5 Å². The molecule has 1 amide bonds. The minimum atomic E-state index is -1.01. The molecule has 24 heavy (non-hydrogen) atoms. The number of amides is 1. The molecule has 2 aromatic rings. The van der Waals surface area contributed by atoms with Crippen LogP contribution in [0.25, 0.3) is 0 Å². The molecule has 0 spiro atoms. The SMILES string of the molecule is Cc1oc(C#N)cc1C(=O)N1C[C@@H](O)C[C@@H]1c1ccc(F)c(F)c1. The topological polar surface area (TPSA) is 77.5 Å². The first-order valence-electron chi connectivity index (χ1n) is 7.35. The van der Waals surface area contributed by atoms with Crippen molar-refractivity contribution >= 4 is 5.91 Å². The van der Waals surface area contributed by atoms with Gasteiger partial charge in [-0.2, -0.15) is 5.26 Å². The number of carbonyl (C=O) groups is 1. The summed E-state index contributed by atoms with van der Waals surface area (Å²) in [5.74, 6) is -2.10. The molecule has 1 aromatic carbocycles. The van der Waals surface area contributed by atoms with E-state index in [1.807, 2.05) is 6.07 Å². The fourth-order valence-electron chi connectivity index (χ4n) is 2.98. The number of halogens is 2. The van der Waals surface area contributed by atoms with E-state index in [-0.39, 0.29) is 24.3 Å². The van der Waals surface area contributed by atoms with Gasteiger partial charge in [-0.3, -0.25) is 4.79 Å². The summed E-state index contributed by atoms with van der Waals surface area (Å²) in [5.41, 5.74) is 0.619. The zero-order valence-electron chi connectivity index (χ0n) is 12.8. The molecule has 3 rings (SSSR count). The first kappa shape index (κ1) is 16.1. The lowest BCUT2D eigenvalue weighted by Crippen LogP contribution is -2.32. The van der Waals surface area contributed by atoms with E-state index in [0.717, 1.165) is 12.1 Å². The molecule has 0 radical (unpaired) electrons. The van der Waals surface area contributed by atoms with Crippen molar-refractivity contribution in [3.63, 3.8) is 0 Å². The molecule has 2 heterocycles. The molecule has 1 aliphatic rings. The van der Waals surface area contributed by atoms with Crippen LogP contribution in [-0.2, 0) is 0 Å². The van der Waals surface area contributed by atoms with E-state index >= 15 is 0 Å².